The minimum atomic E-state index is -1.11. The number of amides is 1. The lowest BCUT2D eigenvalue weighted by molar-refractivity contribution is -0.139. The van der Waals surface area contributed by atoms with Gasteiger partial charge in [0.1, 0.15) is 11.8 Å². The summed E-state index contributed by atoms with van der Waals surface area (Å²) in [6.07, 6.45) is -0.611. The first-order valence-corrected chi connectivity index (χ1v) is 7.86. The maximum absolute atomic E-state index is 12.2. The van der Waals surface area contributed by atoms with Crippen molar-refractivity contribution < 1.29 is 19.4 Å². The zero-order valence-electron chi connectivity index (χ0n) is 13.4. The second-order valence-corrected chi connectivity index (χ2v) is 5.59. The predicted molar refractivity (Wildman–Crippen MR) is 94.7 cm³/mol. The lowest BCUT2D eigenvalue weighted by Gasteiger charge is -2.15. The van der Waals surface area contributed by atoms with Crippen LogP contribution in [0.4, 0.5) is 4.79 Å². The number of ether oxygens (including phenoxy) is 1. The van der Waals surface area contributed by atoms with E-state index in [2.05, 4.69) is 5.32 Å². The van der Waals surface area contributed by atoms with E-state index in [1.54, 1.807) is 12.1 Å². The summed E-state index contributed by atoms with van der Waals surface area (Å²) in [6.45, 7) is 0. The molecule has 5 heteroatoms. The number of benzene rings is 3. The van der Waals surface area contributed by atoms with E-state index in [1.165, 1.54) is 0 Å². The average Bonchev–Trinajstić information content (AvgIpc) is 2.62. The lowest BCUT2D eigenvalue weighted by atomic mass is 10.1. The van der Waals surface area contributed by atoms with Crippen LogP contribution in [0.1, 0.15) is 5.56 Å². The molecule has 126 valence electrons. The van der Waals surface area contributed by atoms with Crippen molar-refractivity contribution in [2.24, 2.45) is 0 Å². The number of carboxylic acids is 1. The van der Waals surface area contributed by atoms with Crippen molar-refractivity contribution in [1.82, 2.24) is 5.32 Å². The Hall–Kier alpha value is -3.34. The van der Waals surface area contributed by atoms with Gasteiger partial charge in [0, 0.05) is 11.8 Å². The van der Waals surface area contributed by atoms with E-state index in [0.29, 0.717) is 5.75 Å². The van der Waals surface area contributed by atoms with Gasteiger partial charge in [-0.2, -0.15) is 0 Å². The smallest absolute Gasteiger partial charge is 0.413 e. The number of hydrogen-bond donors (Lipinski definition) is 2. The Balaban J connectivity index is 1.72. The van der Waals surface area contributed by atoms with Gasteiger partial charge in [0.25, 0.3) is 0 Å². The minimum Gasteiger partial charge on any atom is -0.480 e. The lowest BCUT2D eigenvalue weighted by Crippen LogP contribution is -2.43. The highest BCUT2D eigenvalue weighted by Crippen LogP contribution is 2.25. The summed E-state index contributed by atoms with van der Waals surface area (Å²) in [4.78, 5) is 23.6. The molecule has 5 nitrogen and oxygen atoms in total. The fourth-order valence-electron chi connectivity index (χ4n) is 2.61. The molecule has 0 bridgehead atoms. The van der Waals surface area contributed by atoms with Crippen molar-refractivity contribution in [3.8, 4) is 5.75 Å². The van der Waals surface area contributed by atoms with Crippen LogP contribution in [0.3, 0.4) is 0 Å². The van der Waals surface area contributed by atoms with Crippen LogP contribution >= 0.6 is 0 Å². The molecule has 0 fully saturated rings. The van der Waals surface area contributed by atoms with Crippen LogP contribution in [0.15, 0.2) is 72.8 Å². The van der Waals surface area contributed by atoms with Gasteiger partial charge in [0.2, 0.25) is 0 Å². The fourth-order valence-corrected chi connectivity index (χ4v) is 2.61. The second kappa shape index (κ2) is 7.49. The van der Waals surface area contributed by atoms with Crippen molar-refractivity contribution in [3.63, 3.8) is 0 Å². The van der Waals surface area contributed by atoms with Crippen LogP contribution in [0, 0.1) is 0 Å². The zero-order chi connectivity index (χ0) is 17.6. The van der Waals surface area contributed by atoms with Crippen molar-refractivity contribution in [2.45, 2.75) is 12.5 Å². The van der Waals surface area contributed by atoms with Gasteiger partial charge < -0.3 is 15.2 Å². The first-order chi connectivity index (χ1) is 12.1. The highest BCUT2D eigenvalue weighted by atomic mass is 16.6. The number of rotatable bonds is 5. The van der Waals surface area contributed by atoms with E-state index < -0.39 is 18.1 Å². The molecule has 0 saturated heterocycles. The first kappa shape index (κ1) is 16.5. The third-order valence-electron chi connectivity index (χ3n) is 3.83. The van der Waals surface area contributed by atoms with Crippen LogP contribution < -0.4 is 10.1 Å². The third-order valence-corrected chi connectivity index (χ3v) is 3.83. The molecule has 25 heavy (non-hydrogen) atoms. The number of carbonyl (C=O) groups excluding carboxylic acids is 1. The molecule has 0 radical (unpaired) electrons. The van der Waals surface area contributed by atoms with Crippen molar-refractivity contribution in [2.75, 3.05) is 0 Å². The molecule has 3 aromatic carbocycles. The van der Waals surface area contributed by atoms with Crippen molar-refractivity contribution in [3.05, 3.63) is 78.4 Å². The monoisotopic (exact) mass is 335 g/mol. The van der Waals surface area contributed by atoms with E-state index in [-0.39, 0.29) is 6.42 Å². The van der Waals surface area contributed by atoms with E-state index in [0.717, 1.165) is 16.3 Å². The summed E-state index contributed by atoms with van der Waals surface area (Å²) in [5.41, 5.74) is 0.820. The van der Waals surface area contributed by atoms with Gasteiger partial charge >= 0.3 is 12.1 Å². The molecule has 0 saturated carbocycles. The molecular weight excluding hydrogens is 318 g/mol. The van der Waals surface area contributed by atoms with E-state index in [4.69, 9.17) is 4.74 Å². The number of fused-ring (bicyclic) bond motifs is 1. The molecule has 0 aliphatic rings. The summed E-state index contributed by atoms with van der Waals surface area (Å²) in [5, 5.41) is 13.5. The highest BCUT2D eigenvalue weighted by Gasteiger charge is 2.21. The number of carbonyl (C=O) groups is 2. The molecule has 0 aliphatic heterocycles. The standard InChI is InChI=1S/C20H17NO4/c22-19(23)17(13-14-7-2-1-3-8-14)21-20(24)25-18-12-6-10-15-9-4-5-11-16(15)18/h1-12,17H,13H2,(H,21,24)(H,22,23)/t17-/m0/s1. The molecule has 0 spiro atoms. The third kappa shape index (κ3) is 4.14. The molecule has 1 amide bonds. The van der Waals surface area contributed by atoms with Gasteiger partial charge in [0.15, 0.2) is 0 Å². The van der Waals surface area contributed by atoms with Crippen molar-refractivity contribution >= 4 is 22.8 Å². The van der Waals surface area contributed by atoms with E-state index in [9.17, 15) is 14.7 Å². The highest BCUT2D eigenvalue weighted by molar-refractivity contribution is 5.90. The van der Waals surface area contributed by atoms with Gasteiger partial charge in [-0.15, -0.1) is 0 Å². The molecule has 0 unspecified atom stereocenters. The first-order valence-electron chi connectivity index (χ1n) is 7.86. The number of nitrogens with one attached hydrogen (secondary N) is 1. The summed E-state index contributed by atoms with van der Waals surface area (Å²) in [5.74, 6) is -0.724. The van der Waals surface area contributed by atoms with E-state index >= 15 is 0 Å². The van der Waals surface area contributed by atoms with Crippen LogP contribution in [-0.2, 0) is 11.2 Å². The van der Waals surface area contributed by atoms with Crippen LogP contribution in [0.25, 0.3) is 10.8 Å². The summed E-state index contributed by atoms with van der Waals surface area (Å²) in [7, 11) is 0. The van der Waals surface area contributed by atoms with Crippen LogP contribution in [0.2, 0.25) is 0 Å². The molecule has 0 heterocycles. The molecule has 0 aromatic heterocycles. The van der Waals surface area contributed by atoms with Gasteiger partial charge in [-0.3, -0.25) is 0 Å². The van der Waals surface area contributed by atoms with Gasteiger partial charge in [-0.05, 0) is 17.0 Å². The summed E-state index contributed by atoms with van der Waals surface area (Å²) >= 11 is 0. The topological polar surface area (TPSA) is 75.6 Å². The largest absolute Gasteiger partial charge is 0.480 e. The molecular formula is C20H17NO4. The quantitative estimate of drug-likeness (QED) is 0.747. The second-order valence-electron chi connectivity index (χ2n) is 5.59. The zero-order valence-corrected chi connectivity index (χ0v) is 13.4. The number of carboxylic acid groups (broad SMARTS) is 1. The summed E-state index contributed by atoms with van der Waals surface area (Å²) in [6, 6.07) is 20.9. The molecule has 1 atom stereocenters. The Bertz CT molecular complexity index is 887. The van der Waals surface area contributed by atoms with Crippen LogP contribution in [-0.4, -0.2) is 23.2 Å². The predicted octanol–water partition coefficient (Wildman–Crippen LogP) is 3.62. The number of hydrogen-bond acceptors (Lipinski definition) is 3. The Kier molecular flexibility index (Phi) is 4.95. The van der Waals surface area contributed by atoms with Gasteiger partial charge in [-0.1, -0.05) is 66.7 Å². The average molecular weight is 335 g/mol. The Morgan fingerprint density at radius 1 is 0.920 bits per heavy atom. The Morgan fingerprint density at radius 3 is 2.36 bits per heavy atom. The minimum absolute atomic E-state index is 0.181. The summed E-state index contributed by atoms with van der Waals surface area (Å²) < 4.78 is 5.33. The van der Waals surface area contributed by atoms with Gasteiger partial charge in [-0.25, -0.2) is 9.59 Å². The SMILES string of the molecule is O=C(N[C@@H](Cc1ccccc1)C(=O)O)Oc1cccc2ccccc12. The molecule has 2 N–H and O–H groups in total. The molecule has 3 aromatic rings. The Morgan fingerprint density at radius 2 is 1.60 bits per heavy atom. The molecule has 3 rings (SSSR count). The van der Waals surface area contributed by atoms with E-state index in [1.807, 2.05) is 60.7 Å². The Labute approximate surface area is 144 Å². The van der Waals surface area contributed by atoms with Gasteiger partial charge in [0.05, 0.1) is 0 Å². The molecule has 0 aliphatic carbocycles. The normalized spacial score (nSPS) is 11.7. The maximum atomic E-state index is 12.2. The van der Waals surface area contributed by atoms with Crippen LogP contribution in [0.5, 0.6) is 5.75 Å². The number of aliphatic carboxylic acids is 1. The van der Waals surface area contributed by atoms with Crippen molar-refractivity contribution in [1.29, 1.82) is 0 Å². The fraction of sp³-hybridized carbons (Fsp3) is 0.100. The maximum Gasteiger partial charge on any atom is 0.413 e.